The van der Waals surface area contributed by atoms with Gasteiger partial charge in [0.1, 0.15) is 5.75 Å². The minimum atomic E-state index is -0.751. The minimum Gasteiger partial charge on any atom is -0.497 e. The van der Waals surface area contributed by atoms with Crippen LogP contribution in [-0.2, 0) is 11.2 Å². The molecular weight excluding hydrogens is 204 g/mol. The zero-order chi connectivity index (χ0) is 11.5. The molecule has 0 heterocycles. The first-order chi connectivity index (χ1) is 7.70. The molecule has 16 heavy (non-hydrogen) atoms. The van der Waals surface area contributed by atoms with Crippen LogP contribution in [0.1, 0.15) is 30.4 Å². The molecule has 1 aliphatic rings. The molecule has 0 saturated carbocycles. The molecule has 0 unspecified atom stereocenters. The smallest absolute Gasteiger partial charge is 0.304 e. The van der Waals surface area contributed by atoms with Gasteiger partial charge in [0.2, 0.25) is 0 Å². The van der Waals surface area contributed by atoms with E-state index in [1.54, 1.807) is 7.11 Å². The molecule has 0 bridgehead atoms. The lowest BCUT2D eigenvalue weighted by molar-refractivity contribution is -0.136. The van der Waals surface area contributed by atoms with E-state index >= 15 is 0 Å². The van der Waals surface area contributed by atoms with Crippen molar-refractivity contribution in [1.29, 1.82) is 0 Å². The molecule has 1 radical (unpaired) electrons. The zero-order valence-corrected chi connectivity index (χ0v) is 9.32. The summed E-state index contributed by atoms with van der Waals surface area (Å²) in [5, 5.41) is 8.85. The van der Waals surface area contributed by atoms with Gasteiger partial charge in [-0.05, 0) is 42.5 Å². The van der Waals surface area contributed by atoms with Crippen LogP contribution in [0.25, 0.3) is 0 Å². The molecule has 1 N–H and O–H groups in total. The second-order valence-electron chi connectivity index (χ2n) is 4.05. The third kappa shape index (κ3) is 2.18. The number of carboxylic acid groups (broad SMARTS) is 1. The standard InChI is InChI=1S/C13H15O3/c1-16-11-5-6-12-9(7-11)3-2-4-10(12)8-13(14)15/h5-7H,2-4,8H2,1H3,(H,14,15). The van der Waals surface area contributed by atoms with Crippen molar-refractivity contribution in [3.05, 3.63) is 35.2 Å². The number of fused-ring (bicyclic) bond motifs is 1. The summed E-state index contributed by atoms with van der Waals surface area (Å²) < 4.78 is 5.17. The summed E-state index contributed by atoms with van der Waals surface area (Å²) in [6, 6.07) is 5.88. The van der Waals surface area contributed by atoms with Crippen LogP contribution in [0, 0.1) is 5.92 Å². The highest BCUT2D eigenvalue weighted by molar-refractivity contribution is 5.71. The van der Waals surface area contributed by atoms with Crippen molar-refractivity contribution < 1.29 is 14.6 Å². The topological polar surface area (TPSA) is 46.5 Å². The van der Waals surface area contributed by atoms with Crippen molar-refractivity contribution in [2.24, 2.45) is 0 Å². The fourth-order valence-corrected chi connectivity index (χ4v) is 2.24. The third-order valence-electron chi connectivity index (χ3n) is 2.98. The number of methoxy groups -OCH3 is 1. The number of rotatable bonds is 3. The van der Waals surface area contributed by atoms with Gasteiger partial charge in [0.25, 0.3) is 0 Å². The summed E-state index contributed by atoms with van der Waals surface area (Å²) in [7, 11) is 1.65. The van der Waals surface area contributed by atoms with Crippen LogP contribution < -0.4 is 4.74 Å². The third-order valence-corrected chi connectivity index (χ3v) is 2.98. The van der Waals surface area contributed by atoms with Gasteiger partial charge in [0.05, 0.1) is 13.5 Å². The van der Waals surface area contributed by atoms with Crippen LogP contribution >= 0.6 is 0 Å². The van der Waals surface area contributed by atoms with Crippen LogP contribution in [0.5, 0.6) is 5.75 Å². The van der Waals surface area contributed by atoms with Crippen LogP contribution in [-0.4, -0.2) is 18.2 Å². The molecule has 2 rings (SSSR count). The molecule has 0 spiro atoms. The van der Waals surface area contributed by atoms with Gasteiger partial charge in [-0.1, -0.05) is 6.07 Å². The first-order valence-electron chi connectivity index (χ1n) is 5.44. The number of hydrogen-bond donors (Lipinski definition) is 1. The van der Waals surface area contributed by atoms with E-state index in [1.165, 1.54) is 5.56 Å². The average molecular weight is 219 g/mol. The monoisotopic (exact) mass is 219 g/mol. The summed E-state index contributed by atoms with van der Waals surface area (Å²) in [4.78, 5) is 10.8. The SMILES string of the molecule is COc1ccc2c(c1)CCC[C]2CC(=O)O. The fourth-order valence-electron chi connectivity index (χ4n) is 2.24. The number of aryl methyl sites for hydroxylation is 1. The van der Waals surface area contributed by atoms with E-state index in [-0.39, 0.29) is 6.42 Å². The van der Waals surface area contributed by atoms with Gasteiger partial charge in [0, 0.05) is 5.92 Å². The van der Waals surface area contributed by atoms with Crippen LogP contribution in [0.4, 0.5) is 0 Å². The maximum atomic E-state index is 10.8. The molecule has 0 atom stereocenters. The van der Waals surface area contributed by atoms with E-state index in [9.17, 15) is 4.79 Å². The van der Waals surface area contributed by atoms with Gasteiger partial charge in [0.15, 0.2) is 0 Å². The molecular formula is C13H15O3. The first-order valence-corrected chi connectivity index (χ1v) is 5.44. The van der Waals surface area contributed by atoms with Crippen molar-refractivity contribution in [2.45, 2.75) is 25.7 Å². The predicted molar refractivity (Wildman–Crippen MR) is 60.5 cm³/mol. The lowest BCUT2D eigenvalue weighted by atomic mass is 9.81. The van der Waals surface area contributed by atoms with Gasteiger partial charge >= 0.3 is 5.97 Å². The molecule has 3 heteroatoms. The highest BCUT2D eigenvalue weighted by Gasteiger charge is 2.23. The molecule has 0 amide bonds. The van der Waals surface area contributed by atoms with Crippen LogP contribution in [0.2, 0.25) is 0 Å². The van der Waals surface area contributed by atoms with E-state index in [0.717, 1.165) is 36.5 Å². The van der Waals surface area contributed by atoms with Gasteiger partial charge in [-0.3, -0.25) is 4.79 Å². The molecule has 0 aliphatic heterocycles. The van der Waals surface area contributed by atoms with Crippen molar-refractivity contribution in [1.82, 2.24) is 0 Å². The Balaban J connectivity index is 2.28. The Bertz CT molecular complexity index is 398. The summed E-state index contributed by atoms with van der Waals surface area (Å²) in [5.41, 5.74) is 2.32. The number of carbonyl (C=O) groups is 1. The number of hydrogen-bond acceptors (Lipinski definition) is 2. The van der Waals surface area contributed by atoms with E-state index in [2.05, 4.69) is 0 Å². The zero-order valence-electron chi connectivity index (χ0n) is 9.32. The van der Waals surface area contributed by atoms with Crippen molar-refractivity contribution >= 4 is 5.97 Å². The molecule has 85 valence electrons. The quantitative estimate of drug-likeness (QED) is 0.849. The van der Waals surface area contributed by atoms with E-state index < -0.39 is 5.97 Å². The molecule has 1 aliphatic carbocycles. The Morgan fingerprint density at radius 3 is 2.94 bits per heavy atom. The maximum Gasteiger partial charge on any atom is 0.304 e. The average Bonchev–Trinajstić information content (AvgIpc) is 2.28. The van der Waals surface area contributed by atoms with E-state index in [0.29, 0.717) is 0 Å². The fraction of sp³-hybridized carbons (Fsp3) is 0.385. The summed E-state index contributed by atoms with van der Waals surface area (Å²) in [5.74, 6) is 1.13. The number of aliphatic carboxylic acids is 1. The second-order valence-corrected chi connectivity index (χ2v) is 4.05. The Morgan fingerprint density at radius 1 is 1.44 bits per heavy atom. The highest BCUT2D eigenvalue weighted by Crippen LogP contribution is 2.34. The minimum absolute atomic E-state index is 0.152. The lowest BCUT2D eigenvalue weighted by Gasteiger charge is -2.24. The lowest BCUT2D eigenvalue weighted by Crippen LogP contribution is -2.14. The normalized spacial score (nSPS) is 15.6. The Kier molecular flexibility index (Phi) is 3.13. The number of carboxylic acids is 1. The van der Waals surface area contributed by atoms with Crippen molar-refractivity contribution in [2.75, 3.05) is 7.11 Å². The highest BCUT2D eigenvalue weighted by atomic mass is 16.5. The Morgan fingerprint density at radius 2 is 2.25 bits per heavy atom. The Labute approximate surface area is 95.0 Å². The number of benzene rings is 1. The molecule has 1 aromatic carbocycles. The Hall–Kier alpha value is -1.51. The molecule has 0 fully saturated rings. The summed E-state index contributed by atoms with van der Waals surface area (Å²) in [6.45, 7) is 0. The van der Waals surface area contributed by atoms with E-state index in [1.807, 2.05) is 18.2 Å². The summed E-state index contributed by atoms with van der Waals surface area (Å²) in [6.07, 6.45) is 3.09. The predicted octanol–water partition coefficient (Wildman–Crippen LogP) is 2.43. The van der Waals surface area contributed by atoms with Gasteiger partial charge in [-0.25, -0.2) is 0 Å². The van der Waals surface area contributed by atoms with Crippen LogP contribution in [0.3, 0.4) is 0 Å². The van der Waals surface area contributed by atoms with Crippen molar-refractivity contribution in [3.63, 3.8) is 0 Å². The van der Waals surface area contributed by atoms with Crippen LogP contribution in [0.15, 0.2) is 18.2 Å². The molecule has 1 aromatic rings. The van der Waals surface area contributed by atoms with Gasteiger partial charge in [-0.2, -0.15) is 0 Å². The number of ether oxygens (including phenoxy) is 1. The van der Waals surface area contributed by atoms with Gasteiger partial charge < -0.3 is 9.84 Å². The second kappa shape index (κ2) is 4.56. The largest absolute Gasteiger partial charge is 0.497 e. The summed E-state index contributed by atoms with van der Waals surface area (Å²) >= 11 is 0. The van der Waals surface area contributed by atoms with Gasteiger partial charge in [-0.15, -0.1) is 0 Å². The molecule has 0 aromatic heterocycles. The van der Waals surface area contributed by atoms with E-state index in [4.69, 9.17) is 9.84 Å². The molecule has 3 nitrogen and oxygen atoms in total. The first kappa shape index (κ1) is 11.0. The van der Waals surface area contributed by atoms with Crippen molar-refractivity contribution in [3.8, 4) is 5.75 Å². The molecule has 0 saturated heterocycles. The maximum absolute atomic E-state index is 10.8.